The molecule has 0 saturated heterocycles. The van der Waals surface area contributed by atoms with Crippen molar-refractivity contribution in [2.45, 2.75) is 26.4 Å². The summed E-state index contributed by atoms with van der Waals surface area (Å²) in [4.78, 5) is 12.4. The van der Waals surface area contributed by atoms with Gasteiger partial charge in [-0.15, -0.1) is 0 Å². The lowest BCUT2D eigenvalue weighted by molar-refractivity contribution is -0.122. The average molecular weight is 310 g/mol. The number of rotatable bonds is 5. The quantitative estimate of drug-likeness (QED) is 0.775. The third-order valence-corrected chi connectivity index (χ3v) is 3.56. The van der Waals surface area contributed by atoms with Crippen molar-refractivity contribution in [1.82, 2.24) is 5.16 Å². The first-order valence-corrected chi connectivity index (χ1v) is 7.56. The highest BCUT2D eigenvalue weighted by atomic mass is 16.5. The number of aromatic nitrogens is 1. The van der Waals surface area contributed by atoms with Crippen molar-refractivity contribution in [2.24, 2.45) is 0 Å². The predicted octanol–water partition coefficient (Wildman–Crippen LogP) is 3.93. The largest absolute Gasteiger partial charge is 0.480 e. The number of aryl methyl sites for hydroxylation is 1. The molecule has 0 aliphatic rings. The minimum atomic E-state index is -0.599. The van der Waals surface area contributed by atoms with Crippen LogP contribution >= 0.6 is 0 Å². The second-order valence-electron chi connectivity index (χ2n) is 5.30. The molecule has 23 heavy (non-hydrogen) atoms. The van der Waals surface area contributed by atoms with Crippen LogP contribution in [0.5, 0.6) is 5.75 Å². The van der Waals surface area contributed by atoms with Crippen LogP contribution in [0.2, 0.25) is 0 Å². The highest BCUT2D eigenvalue weighted by Gasteiger charge is 2.20. The Hall–Kier alpha value is -2.82. The van der Waals surface area contributed by atoms with Crippen molar-refractivity contribution in [3.8, 4) is 5.75 Å². The summed E-state index contributed by atoms with van der Waals surface area (Å²) in [5.74, 6) is 1.49. The molecule has 1 heterocycles. The van der Waals surface area contributed by atoms with E-state index in [1.807, 2.05) is 49.4 Å². The third kappa shape index (κ3) is 3.34. The summed E-state index contributed by atoms with van der Waals surface area (Å²) in [6, 6.07) is 15.4. The molecule has 1 N–H and O–H groups in total. The van der Waals surface area contributed by atoms with Crippen LogP contribution in [0.4, 0.5) is 5.82 Å². The highest BCUT2D eigenvalue weighted by molar-refractivity contribution is 5.94. The Balaban J connectivity index is 1.79. The van der Waals surface area contributed by atoms with Gasteiger partial charge >= 0.3 is 0 Å². The van der Waals surface area contributed by atoms with Gasteiger partial charge in [0, 0.05) is 11.5 Å². The van der Waals surface area contributed by atoms with Gasteiger partial charge < -0.3 is 14.6 Å². The molecule has 1 aromatic heterocycles. The third-order valence-electron chi connectivity index (χ3n) is 3.56. The molecule has 5 nitrogen and oxygen atoms in total. The number of amides is 1. The summed E-state index contributed by atoms with van der Waals surface area (Å²) < 4.78 is 10.9. The fourth-order valence-corrected chi connectivity index (χ4v) is 2.41. The minimum absolute atomic E-state index is 0.242. The van der Waals surface area contributed by atoms with Gasteiger partial charge in [-0.25, -0.2) is 0 Å². The first-order valence-electron chi connectivity index (χ1n) is 7.56. The van der Waals surface area contributed by atoms with Crippen LogP contribution in [-0.4, -0.2) is 17.2 Å². The molecule has 3 rings (SSSR count). The molecule has 0 spiro atoms. The minimum Gasteiger partial charge on any atom is -0.480 e. The Morgan fingerprint density at radius 3 is 2.78 bits per heavy atom. The lowest BCUT2D eigenvalue weighted by atomic mass is 10.1. The number of carbonyl (C=O) groups is 1. The number of carbonyl (C=O) groups excluding carboxylic acids is 1. The van der Waals surface area contributed by atoms with E-state index in [9.17, 15) is 4.79 Å². The zero-order chi connectivity index (χ0) is 16.2. The number of nitrogens with zero attached hydrogens (tertiary/aromatic N) is 1. The van der Waals surface area contributed by atoms with Gasteiger partial charge in [0.1, 0.15) is 11.5 Å². The number of hydrogen-bond acceptors (Lipinski definition) is 4. The second kappa shape index (κ2) is 6.52. The van der Waals surface area contributed by atoms with Crippen molar-refractivity contribution in [3.05, 3.63) is 54.3 Å². The second-order valence-corrected chi connectivity index (χ2v) is 5.30. The van der Waals surface area contributed by atoms with Crippen LogP contribution in [0.1, 0.15) is 19.1 Å². The SMILES string of the molecule is CCC(Oc1cccc2ccccc12)C(=O)Nc1cc(C)on1. The topological polar surface area (TPSA) is 64.4 Å². The molecule has 118 valence electrons. The number of nitrogens with one attached hydrogen (secondary N) is 1. The summed E-state index contributed by atoms with van der Waals surface area (Å²) >= 11 is 0. The number of ether oxygens (including phenoxy) is 1. The lowest BCUT2D eigenvalue weighted by Crippen LogP contribution is -2.32. The van der Waals surface area contributed by atoms with E-state index in [4.69, 9.17) is 9.26 Å². The normalized spacial score (nSPS) is 12.1. The van der Waals surface area contributed by atoms with Crippen LogP contribution in [-0.2, 0) is 4.79 Å². The Morgan fingerprint density at radius 2 is 2.04 bits per heavy atom. The monoisotopic (exact) mass is 310 g/mol. The molecule has 1 amide bonds. The van der Waals surface area contributed by atoms with E-state index in [1.165, 1.54) is 0 Å². The van der Waals surface area contributed by atoms with Gasteiger partial charge in [-0.1, -0.05) is 48.5 Å². The summed E-state index contributed by atoms with van der Waals surface area (Å²) in [6.07, 6.45) is -0.0517. The van der Waals surface area contributed by atoms with Gasteiger partial charge in [0.25, 0.3) is 5.91 Å². The van der Waals surface area contributed by atoms with Gasteiger partial charge in [0.15, 0.2) is 11.9 Å². The van der Waals surface area contributed by atoms with E-state index in [-0.39, 0.29) is 5.91 Å². The highest BCUT2D eigenvalue weighted by Crippen LogP contribution is 2.26. The van der Waals surface area contributed by atoms with Crippen LogP contribution in [0.15, 0.2) is 53.1 Å². The van der Waals surface area contributed by atoms with Crippen LogP contribution in [0.25, 0.3) is 10.8 Å². The zero-order valence-electron chi connectivity index (χ0n) is 13.1. The number of fused-ring (bicyclic) bond motifs is 1. The Labute approximate surface area is 134 Å². The molecule has 0 radical (unpaired) electrons. The maximum Gasteiger partial charge on any atom is 0.266 e. The van der Waals surface area contributed by atoms with E-state index < -0.39 is 6.10 Å². The van der Waals surface area contributed by atoms with Crippen molar-refractivity contribution in [2.75, 3.05) is 5.32 Å². The van der Waals surface area contributed by atoms with E-state index in [0.717, 1.165) is 10.8 Å². The fourth-order valence-electron chi connectivity index (χ4n) is 2.41. The van der Waals surface area contributed by atoms with Crippen molar-refractivity contribution < 1.29 is 14.1 Å². The summed E-state index contributed by atoms with van der Waals surface area (Å²) in [5.41, 5.74) is 0. The summed E-state index contributed by atoms with van der Waals surface area (Å²) in [7, 11) is 0. The molecule has 0 aliphatic carbocycles. The Kier molecular flexibility index (Phi) is 4.28. The standard InChI is InChI=1S/C18H18N2O3/c1-3-15(18(21)19-17-11-12(2)23-20-17)22-16-10-6-8-13-7-4-5-9-14(13)16/h4-11,15H,3H2,1-2H3,(H,19,20,21). The molecule has 5 heteroatoms. The van der Waals surface area contributed by atoms with Gasteiger partial charge in [-0.3, -0.25) is 4.79 Å². The zero-order valence-corrected chi connectivity index (χ0v) is 13.1. The smallest absolute Gasteiger partial charge is 0.266 e. The molecule has 0 bridgehead atoms. The van der Waals surface area contributed by atoms with Gasteiger partial charge in [-0.2, -0.15) is 0 Å². The van der Waals surface area contributed by atoms with E-state index in [2.05, 4.69) is 10.5 Å². The van der Waals surface area contributed by atoms with Crippen LogP contribution < -0.4 is 10.1 Å². The van der Waals surface area contributed by atoms with Gasteiger partial charge in [-0.05, 0) is 24.8 Å². The summed E-state index contributed by atoms with van der Waals surface area (Å²) in [6.45, 7) is 3.68. The van der Waals surface area contributed by atoms with E-state index in [1.54, 1.807) is 13.0 Å². The van der Waals surface area contributed by atoms with Crippen molar-refractivity contribution >= 4 is 22.5 Å². The first-order chi connectivity index (χ1) is 11.2. The Bertz CT molecular complexity index is 821. The Morgan fingerprint density at radius 1 is 1.26 bits per heavy atom. The fraction of sp³-hybridized carbons (Fsp3) is 0.222. The van der Waals surface area contributed by atoms with Crippen LogP contribution in [0, 0.1) is 6.92 Å². The molecule has 0 saturated carbocycles. The first kappa shape index (κ1) is 15.1. The van der Waals surface area contributed by atoms with E-state index in [0.29, 0.717) is 23.7 Å². The lowest BCUT2D eigenvalue weighted by Gasteiger charge is -2.17. The van der Waals surface area contributed by atoms with Gasteiger partial charge in [0.2, 0.25) is 0 Å². The average Bonchev–Trinajstić information content (AvgIpc) is 2.97. The molecule has 0 aliphatic heterocycles. The molecule has 2 aromatic carbocycles. The molecule has 3 aromatic rings. The van der Waals surface area contributed by atoms with E-state index >= 15 is 0 Å². The summed E-state index contributed by atoms with van der Waals surface area (Å²) in [5, 5.41) is 8.54. The number of hydrogen-bond donors (Lipinski definition) is 1. The molecule has 0 fully saturated rings. The van der Waals surface area contributed by atoms with Crippen molar-refractivity contribution in [3.63, 3.8) is 0 Å². The maximum absolute atomic E-state index is 12.4. The van der Waals surface area contributed by atoms with Gasteiger partial charge in [0.05, 0.1) is 0 Å². The number of benzene rings is 2. The molecular weight excluding hydrogens is 292 g/mol. The number of anilines is 1. The molecule has 1 atom stereocenters. The molecule has 1 unspecified atom stereocenters. The van der Waals surface area contributed by atoms with Crippen molar-refractivity contribution in [1.29, 1.82) is 0 Å². The molecular formula is C18H18N2O3. The predicted molar refractivity (Wildman–Crippen MR) is 88.5 cm³/mol. The van der Waals surface area contributed by atoms with Crippen LogP contribution in [0.3, 0.4) is 0 Å². The maximum atomic E-state index is 12.4.